The average Bonchev–Trinajstić information content (AvgIpc) is 3.22. The minimum Gasteiger partial charge on any atom is -0.310 e. The number of hydrogen-bond acceptors (Lipinski definition) is 2. The van der Waals surface area contributed by atoms with Gasteiger partial charge in [-0.05, 0) is 82.9 Å². The lowest BCUT2D eigenvalue weighted by molar-refractivity contribution is 1.27. The van der Waals surface area contributed by atoms with E-state index in [0.29, 0.717) is 0 Å². The van der Waals surface area contributed by atoms with Gasteiger partial charge < -0.3 is 9.80 Å². The summed E-state index contributed by atoms with van der Waals surface area (Å²) in [6.45, 7) is 0. The summed E-state index contributed by atoms with van der Waals surface area (Å²) in [6.07, 6.45) is 8.65. The Morgan fingerprint density at radius 2 is 0.500 bits per heavy atom. The molecular weight excluding hydrogens is 629 g/mol. The third-order valence-electron chi connectivity index (χ3n) is 9.23. The van der Waals surface area contributed by atoms with Crippen molar-refractivity contribution in [1.82, 2.24) is 0 Å². The summed E-state index contributed by atoms with van der Waals surface area (Å²) in [4.78, 5) is 4.72. The van der Waals surface area contributed by atoms with Crippen molar-refractivity contribution in [3.8, 4) is 0 Å². The predicted molar refractivity (Wildman–Crippen MR) is 224 cm³/mol. The fourth-order valence-corrected chi connectivity index (χ4v) is 6.65. The minimum atomic E-state index is 1.10. The maximum Gasteiger partial charge on any atom is 0.0541 e. The van der Waals surface area contributed by atoms with Crippen LogP contribution < -0.4 is 9.80 Å². The molecule has 52 heavy (non-hydrogen) atoms. The quantitative estimate of drug-likeness (QED) is 0.134. The third kappa shape index (κ3) is 7.19. The second-order valence-corrected chi connectivity index (χ2v) is 12.7. The van der Waals surface area contributed by atoms with E-state index >= 15 is 0 Å². The lowest BCUT2D eigenvalue weighted by Gasteiger charge is -2.30. The van der Waals surface area contributed by atoms with Gasteiger partial charge in [-0.1, -0.05) is 170 Å². The topological polar surface area (TPSA) is 6.48 Å². The van der Waals surface area contributed by atoms with Crippen molar-refractivity contribution < 1.29 is 0 Å². The molecule has 0 unspecified atom stereocenters. The van der Waals surface area contributed by atoms with Gasteiger partial charge in [0, 0.05) is 33.5 Å². The summed E-state index contributed by atoms with van der Waals surface area (Å²) >= 11 is 0. The molecule has 0 aliphatic carbocycles. The highest BCUT2D eigenvalue weighted by Gasteiger charge is 2.20. The zero-order valence-electron chi connectivity index (χ0n) is 28.8. The van der Waals surface area contributed by atoms with E-state index in [1.54, 1.807) is 0 Å². The van der Waals surface area contributed by atoms with Gasteiger partial charge in [0.25, 0.3) is 0 Å². The van der Waals surface area contributed by atoms with Gasteiger partial charge in [-0.25, -0.2) is 0 Å². The molecule has 0 aliphatic rings. The largest absolute Gasteiger partial charge is 0.310 e. The molecule has 0 radical (unpaired) electrons. The first-order chi connectivity index (χ1) is 25.8. The summed E-state index contributed by atoms with van der Waals surface area (Å²) in [6, 6.07) is 73.0. The molecule has 0 saturated carbocycles. The normalized spacial score (nSPS) is 11.3. The van der Waals surface area contributed by atoms with E-state index in [2.05, 4.69) is 228 Å². The number of anilines is 6. The van der Waals surface area contributed by atoms with Crippen molar-refractivity contribution >= 4 is 69.2 Å². The molecule has 8 aromatic rings. The molecule has 0 heterocycles. The third-order valence-corrected chi connectivity index (χ3v) is 9.23. The molecule has 2 heteroatoms. The van der Waals surface area contributed by atoms with E-state index in [1.165, 1.54) is 21.9 Å². The number of benzene rings is 8. The summed E-state index contributed by atoms with van der Waals surface area (Å²) in [5.74, 6) is 0. The molecule has 0 aliphatic heterocycles. The van der Waals surface area contributed by atoms with E-state index in [1.807, 2.05) is 12.1 Å². The van der Waals surface area contributed by atoms with Crippen LogP contribution in [0.25, 0.3) is 35.1 Å². The Kier molecular flexibility index (Phi) is 9.53. The molecule has 0 N–H and O–H groups in total. The molecule has 0 aromatic heterocycles. The molecule has 8 aromatic carbocycles. The van der Waals surface area contributed by atoms with Crippen molar-refractivity contribution in [1.29, 1.82) is 0 Å². The molecule has 248 valence electrons. The lowest BCUT2D eigenvalue weighted by Crippen LogP contribution is -2.13. The monoisotopic (exact) mass is 666 g/mol. The zero-order chi connectivity index (χ0) is 35.0. The van der Waals surface area contributed by atoms with E-state index in [9.17, 15) is 0 Å². The van der Waals surface area contributed by atoms with Crippen molar-refractivity contribution in [3.63, 3.8) is 0 Å². The maximum atomic E-state index is 2.36. The number of hydrogen-bond donors (Lipinski definition) is 0. The highest BCUT2D eigenvalue weighted by atomic mass is 15.2. The summed E-state index contributed by atoms with van der Waals surface area (Å²) in [5, 5.41) is 2.33. The van der Waals surface area contributed by atoms with Crippen LogP contribution in [0.5, 0.6) is 0 Å². The average molecular weight is 667 g/mol. The SMILES string of the molecule is C(=Cc1ccc(N(c2ccccc2)c2ccc(N(c3ccccc3)c3ccc(C=Cc4ccccc4)cc3)c3ccccc23)cc1)c1ccccc1. The Morgan fingerprint density at radius 1 is 0.231 bits per heavy atom. The molecule has 0 fully saturated rings. The molecule has 0 atom stereocenters. The van der Waals surface area contributed by atoms with Gasteiger partial charge in [-0.15, -0.1) is 0 Å². The second kappa shape index (κ2) is 15.3. The number of nitrogens with zero attached hydrogens (tertiary/aromatic N) is 2. The van der Waals surface area contributed by atoms with Crippen molar-refractivity contribution in [3.05, 3.63) is 229 Å². The summed E-state index contributed by atoms with van der Waals surface area (Å²) in [5.41, 5.74) is 11.3. The van der Waals surface area contributed by atoms with Crippen LogP contribution in [0.15, 0.2) is 206 Å². The number of fused-ring (bicyclic) bond motifs is 1. The van der Waals surface area contributed by atoms with Crippen LogP contribution in [0.4, 0.5) is 34.1 Å². The smallest absolute Gasteiger partial charge is 0.0541 e. The minimum absolute atomic E-state index is 1.10. The van der Waals surface area contributed by atoms with E-state index in [0.717, 1.165) is 45.3 Å². The zero-order valence-corrected chi connectivity index (χ0v) is 28.8. The van der Waals surface area contributed by atoms with Crippen LogP contribution in [0, 0.1) is 0 Å². The Hall–Kier alpha value is -6.90. The van der Waals surface area contributed by atoms with Crippen LogP contribution in [0.2, 0.25) is 0 Å². The fourth-order valence-electron chi connectivity index (χ4n) is 6.65. The van der Waals surface area contributed by atoms with E-state index < -0.39 is 0 Å². The highest BCUT2D eigenvalue weighted by molar-refractivity contribution is 6.07. The van der Waals surface area contributed by atoms with Crippen molar-refractivity contribution in [2.75, 3.05) is 9.80 Å². The Labute approximate surface area is 306 Å². The molecule has 2 nitrogen and oxygen atoms in total. The molecule has 0 spiro atoms. The second-order valence-electron chi connectivity index (χ2n) is 12.7. The van der Waals surface area contributed by atoms with Gasteiger partial charge in [-0.2, -0.15) is 0 Å². The first-order valence-electron chi connectivity index (χ1n) is 17.7. The van der Waals surface area contributed by atoms with Gasteiger partial charge in [0.15, 0.2) is 0 Å². The first kappa shape index (κ1) is 32.3. The van der Waals surface area contributed by atoms with Gasteiger partial charge in [-0.3, -0.25) is 0 Å². The summed E-state index contributed by atoms with van der Waals surface area (Å²) < 4.78 is 0. The highest BCUT2D eigenvalue weighted by Crippen LogP contribution is 2.45. The first-order valence-corrected chi connectivity index (χ1v) is 17.7. The van der Waals surface area contributed by atoms with Crippen LogP contribution in [-0.4, -0.2) is 0 Å². The van der Waals surface area contributed by atoms with Crippen LogP contribution >= 0.6 is 0 Å². The molecule has 0 bridgehead atoms. The lowest BCUT2D eigenvalue weighted by atomic mass is 10.0. The van der Waals surface area contributed by atoms with Crippen molar-refractivity contribution in [2.45, 2.75) is 0 Å². The molecule has 8 rings (SSSR count). The van der Waals surface area contributed by atoms with Crippen LogP contribution in [0.1, 0.15) is 22.3 Å². The number of para-hydroxylation sites is 2. The van der Waals surface area contributed by atoms with Crippen LogP contribution in [0.3, 0.4) is 0 Å². The molecular formula is C50H38N2. The van der Waals surface area contributed by atoms with Crippen molar-refractivity contribution in [2.24, 2.45) is 0 Å². The Morgan fingerprint density at radius 3 is 0.846 bits per heavy atom. The molecule has 0 amide bonds. The Bertz CT molecular complexity index is 2240. The summed E-state index contributed by atoms with van der Waals surface area (Å²) in [7, 11) is 0. The van der Waals surface area contributed by atoms with Gasteiger partial charge in [0.05, 0.1) is 11.4 Å². The molecule has 0 saturated heterocycles. The predicted octanol–water partition coefficient (Wildman–Crippen LogP) is 14.1. The Balaban J connectivity index is 1.20. The van der Waals surface area contributed by atoms with Gasteiger partial charge in [0.1, 0.15) is 0 Å². The van der Waals surface area contributed by atoms with Crippen LogP contribution in [-0.2, 0) is 0 Å². The van der Waals surface area contributed by atoms with Gasteiger partial charge >= 0.3 is 0 Å². The maximum absolute atomic E-state index is 2.36. The number of rotatable bonds is 10. The fraction of sp³-hybridized carbons (Fsp3) is 0. The van der Waals surface area contributed by atoms with Gasteiger partial charge in [0.2, 0.25) is 0 Å². The van der Waals surface area contributed by atoms with E-state index in [-0.39, 0.29) is 0 Å². The van der Waals surface area contributed by atoms with E-state index in [4.69, 9.17) is 0 Å². The standard InChI is InChI=1S/C50H38N2/c1-5-15-39(16-6-1)25-27-41-29-33-45(34-30-41)51(43-19-9-3-10-20-43)49-37-38-50(48-24-14-13-23-47(48)49)52(44-21-11-4-12-22-44)46-35-31-42(32-36-46)28-26-40-17-7-2-8-18-40/h1-38H.